The van der Waals surface area contributed by atoms with Crippen LogP contribution >= 0.6 is 0 Å². The van der Waals surface area contributed by atoms with Gasteiger partial charge in [-0.3, -0.25) is 4.79 Å². The number of aryl methyl sites for hydroxylation is 1. The maximum atomic E-state index is 12.2. The number of carbonyl (C=O) groups is 1. The molecule has 15 heavy (non-hydrogen) atoms. The van der Waals surface area contributed by atoms with Crippen molar-refractivity contribution in [1.82, 2.24) is 0 Å². The van der Waals surface area contributed by atoms with Gasteiger partial charge < -0.3 is 5.73 Å². The van der Waals surface area contributed by atoms with E-state index in [2.05, 4.69) is 0 Å². The molecule has 0 amide bonds. The van der Waals surface area contributed by atoms with E-state index >= 15 is 0 Å². The summed E-state index contributed by atoms with van der Waals surface area (Å²) in [4.78, 5) is 12.2. The normalized spacial score (nSPS) is 25.5. The van der Waals surface area contributed by atoms with Gasteiger partial charge in [-0.1, -0.05) is 24.3 Å². The van der Waals surface area contributed by atoms with Gasteiger partial charge in [-0.15, -0.1) is 0 Å². The van der Waals surface area contributed by atoms with Crippen LogP contribution in [0.25, 0.3) is 0 Å². The summed E-state index contributed by atoms with van der Waals surface area (Å²) in [7, 11) is 0. The maximum Gasteiger partial charge on any atom is 0.166 e. The third-order valence-electron chi connectivity index (χ3n) is 3.25. The van der Waals surface area contributed by atoms with Crippen LogP contribution in [0.3, 0.4) is 0 Å². The lowest BCUT2D eigenvalue weighted by atomic mass is 9.93. The van der Waals surface area contributed by atoms with Gasteiger partial charge in [-0.05, 0) is 31.7 Å². The van der Waals surface area contributed by atoms with Gasteiger partial charge in [-0.25, -0.2) is 0 Å². The lowest BCUT2D eigenvalue weighted by Crippen LogP contribution is -2.18. The topological polar surface area (TPSA) is 43.1 Å². The summed E-state index contributed by atoms with van der Waals surface area (Å²) < 4.78 is 0. The number of carbonyl (C=O) groups excluding carboxylic acids is 1. The third kappa shape index (κ3) is 2.10. The van der Waals surface area contributed by atoms with E-state index in [1.807, 2.05) is 31.2 Å². The highest BCUT2D eigenvalue weighted by Gasteiger charge is 2.28. The van der Waals surface area contributed by atoms with Crippen molar-refractivity contribution in [2.45, 2.75) is 32.2 Å². The Morgan fingerprint density at radius 3 is 2.67 bits per heavy atom. The molecule has 1 aliphatic carbocycles. The fourth-order valence-corrected chi connectivity index (χ4v) is 2.32. The number of hydrogen-bond donors (Lipinski definition) is 1. The minimum Gasteiger partial charge on any atom is -0.328 e. The zero-order valence-corrected chi connectivity index (χ0v) is 9.07. The predicted molar refractivity (Wildman–Crippen MR) is 60.8 cm³/mol. The van der Waals surface area contributed by atoms with E-state index in [-0.39, 0.29) is 17.7 Å². The third-order valence-corrected chi connectivity index (χ3v) is 3.25. The van der Waals surface area contributed by atoms with Gasteiger partial charge in [0.2, 0.25) is 0 Å². The quantitative estimate of drug-likeness (QED) is 0.749. The molecule has 2 nitrogen and oxygen atoms in total. The maximum absolute atomic E-state index is 12.2. The smallest absolute Gasteiger partial charge is 0.166 e. The molecule has 0 aliphatic heterocycles. The SMILES string of the molecule is Cc1ccccc1C(=O)C1CCC(N)C1. The summed E-state index contributed by atoms with van der Waals surface area (Å²) in [5, 5.41) is 0. The van der Waals surface area contributed by atoms with Gasteiger partial charge >= 0.3 is 0 Å². The Kier molecular flexibility index (Phi) is 2.87. The van der Waals surface area contributed by atoms with E-state index in [1.165, 1.54) is 0 Å². The molecule has 0 spiro atoms. The number of hydrogen-bond acceptors (Lipinski definition) is 2. The van der Waals surface area contributed by atoms with Crippen LogP contribution in [-0.4, -0.2) is 11.8 Å². The predicted octanol–water partition coefficient (Wildman–Crippen LogP) is 2.31. The molecule has 1 saturated carbocycles. The van der Waals surface area contributed by atoms with Crippen LogP contribution < -0.4 is 5.73 Å². The fourth-order valence-electron chi connectivity index (χ4n) is 2.32. The molecule has 2 rings (SSSR count). The molecule has 0 radical (unpaired) electrons. The van der Waals surface area contributed by atoms with Crippen molar-refractivity contribution in [2.75, 3.05) is 0 Å². The van der Waals surface area contributed by atoms with Crippen molar-refractivity contribution in [3.8, 4) is 0 Å². The highest BCUT2D eigenvalue weighted by molar-refractivity contribution is 5.99. The Balaban J connectivity index is 2.18. The van der Waals surface area contributed by atoms with Gasteiger partial charge in [0.25, 0.3) is 0 Å². The molecule has 1 aromatic rings. The molecule has 1 aromatic carbocycles. The van der Waals surface area contributed by atoms with Crippen LogP contribution in [0.1, 0.15) is 35.2 Å². The second kappa shape index (κ2) is 4.15. The first-order chi connectivity index (χ1) is 7.18. The molecule has 1 fully saturated rings. The first kappa shape index (κ1) is 10.4. The molecule has 0 bridgehead atoms. The van der Waals surface area contributed by atoms with Crippen LogP contribution in [0.2, 0.25) is 0 Å². The van der Waals surface area contributed by atoms with Gasteiger partial charge in [0.1, 0.15) is 0 Å². The second-order valence-corrected chi connectivity index (χ2v) is 4.45. The summed E-state index contributed by atoms with van der Waals surface area (Å²) in [5.74, 6) is 0.433. The van der Waals surface area contributed by atoms with Crippen LogP contribution in [0.5, 0.6) is 0 Å². The largest absolute Gasteiger partial charge is 0.328 e. The van der Waals surface area contributed by atoms with E-state index in [9.17, 15) is 4.79 Å². The molecule has 2 unspecified atom stereocenters. The minimum absolute atomic E-state index is 0.154. The molecule has 1 aliphatic rings. The van der Waals surface area contributed by atoms with Crippen LogP contribution in [0, 0.1) is 12.8 Å². The standard InChI is InChI=1S/C13H17NO/c1-9-4-2-3-5-12(9)13(15)10-6-7-11(14)8-10/h2-5,10-11H,6-8,14H2,1H3. The molecule has 0 saturated heterocycles. The van der Waals surface area contributed by atoms with Crippen LogP contribution in [0.4, 0.5) is 0 Å². The average Bonchev–Trinajstić information content (AvgIpc) is 2.65. The number of rotatable bonds is 2. The number of ketones is 1. The molecular formula is C13H17NO. The van der Waals surface area contributed by atoms with E-state index in [0.717, 1.165) is 30.4 Å². The van der Waals surface area contributed by atoms with Crippen molar-refractivity contribution >= 4 is 5.78 Å². The zero-order valence-electron chi connectivity index (χ0n) is 9.07. The van der Waals surface area contributed by atoms with Gasteiger partial charge in [-0.2, -0.15) is 0 Å². The monoisotopic (exact) mass is 203 g/mol. The zero-order chi connectivity index (χ0) is 10.8. The Morgan fingerprint density at radius 1 is 1.33 bits per heavy atom. The fraction of sp³-hybridized carbons (Fsp3) is 0.462. The summed E-state index contributed by atoms with van der Waals surface area (Å²) in [6.45, 7) is 1.99. The average molecular weight is 203 g/mol. The molecular weight excluding hydrogens is 186 g/mol. The van der Waals surface area contributed by atoms with Crippen molar-refractivity contribution in [3.05, 3.63) is 35.4 Å². The Morgan fingerprint density at radius 2 is 2.07 bits per heavy atom. The molecule has 80 valence electrons. The molecule has 0 heterocycles. The van der Waals surface area contributed by atoms with E-state index in [4.69, 9.17) is 5.73 Å². The number of Topliss-reactive ketones (excluding diaryl/α,β-unsaturated/α-hetero) is 1. The molecule has 2 atom stereocenters. The van der Waals surface area contributed by atoms with Crippen molar-refractivity contribution in [2.24, 2.45) is 11.7 Å². The number of benzene rings is 1. The first-order valence-corrected chi connectivity index (χ1v) is 5.54. The summed E-state index contributed by atoms with van der Waals surface area (Å²) in [6.07, 6.45) is 2.80. The highest BCUT2D eigenvalue weighted by atomic mass is 16.1. The Labute approximate surface area is 90.5 Å². The minimum atomic E-state index is 0.154. The Bertz CT molecular complexity index is 373. The van der Waals surface area contributed by atoms with Gasteiger partial charge in [0, 0.05) is 17.5 Å². The highest BCUT2D eigenvalue weighted by Crippen LogP contribution is 2.28. The van der Waals surface area contributed by atoms with E-state index < -0.39 is 0 Å². The lowest BCUT2D eigenvalue weighted by molar-refractivity contribution is 0.0921. The summed E-state index contributed by atoms with van der Waals surface area (Å²) in [6, 6.07) is 8.02. The Hall–Kier alpha value is -1.15. The summed E-state index contributed by atoms with van der Waals surface area (Å²) in [5.41, 5.74) is 7.77. The molecule has 2 heteroatoms. The summed E-state index contributed by atoms with van der Waals surface area (Å²) >= 11 is 0. The van der Waals surface area contributed by atoms with Crippen molar-refractivity contribution in [3.63, 3.8) is 0 Å². The molecule has 2 N–H and O–H groups in total. The lowest BCUT2D eigenvalue weighted by Gasteiger charge is -2.10. The second-order valence-electron chi connectivity index (χ2n) is 4.45. The van der Waals surface area contributed by atoms with Gasteiger partial charge in [0.15, 0.2) is 5.78 Å². The van der Waals surface area contributed by atoms with E-state index in [0.29, 0.717) is 0 Å². The number of nitrogens with two attached hydrogens (primary N) is 1. The van der Waals surface area contributed by atoms with Crippen LogP contribution in [-0.2, 0) is 0 Å². The van der Waals surface area contributed by atoms with Gasteiger partial charge in [0.05, 0.1) is 0 Å². The van der Waals surface area contributed by atoms with Crippen LogP contribution in [0.15, 0.2) is 24.3 Å². The molecule has 0 aromatic heterocycles. The first-order valence-electron chi connectivity index (χ1n) is 5.54. The van der Waals surface area contributed by atoms with E-state index in [1.54, 1.807) is 0 Å². The van der Waals surface area contributed by atoms with Crippen molar-refractivity contribution in [1.29, 1.82) is 0 Å². The van der Waals surface area contributed by atoms with Crippen molar-refractivity contribution < 1.29 is 4.79 Å².